The molecule has 1 unspecified atom stereocenters. The van der Waals surface area contributed by atoms with E-state index in [1.54, 1.807) is 6.08 Å². The highest BCUT2D eigenvalue weighted by molar-refractivity contribution is 5.03. The van der Waals surface area contributed by atoms with Gasteiger partial charge in [-0.25, -0.2) is 0 Å². The lowest BCUT2D eigenvalue weighted by molar-refractivity contribution is 0.00764. The van der Waals surface area contributed by atoms with Gasteiger partial charge < -0.3 is 4.74 Å². The lowest BCUT2D eigenvalue weighted by Gasteiger charge is -2.21. The van der Waals surface area contributed by atoms with Crippen molar-refractivity contribution in [2.45, 2.75) is 31.5 Å². The molecule has 0 spiro atoms. The van der Waals surface area contributed by atoms with Crippen LogP contribution in [0, 0.1) is 4.91 Å². The van der Waals surface area contributed by atoms with Gasteiger partial charge in [0.15, 0.2) is 0 Å². The number of nitrogens with zero attached hydrogens (tertiary/aromatic N) is 1. The SMILES string of the molecule is C=C[C@@]1(CN=O)CCC(C)O1. The molecule has 1 rings (SSSR count). The molecule has 0 aliphatic carbocycles. The Hall–Kier alpha value is -0.700. The molecule has 3 nitrogen and oxygen atoms in total. The molecule has 0 aromatic heterocycles. The predicted octanol–water partition coefficient (Wildman–Crippen LogP) is 1.88. The van der Waals surface area contributed by atoms with Crippen molar-refractivity contribution in [3.05, 3.63) is 17.6 Å². The van der Waals surface area contributed by atoms with Crippen molar-refractivity contribution in [3.8, 4) is 0 Å². The van der Waals surface area contributed by atoms with Gasteiger partial charge in [0, 0.05) is 0 Å². The Morgan fingerprint density at radius 1 is 1.91 bits per heavy atom. The zero-order chi connectivity index (χ0) is 8.32. The Balaban J connectivity index is 2.61. The molecule has 1 fully saturated rings. The fraction of sp³-hybridized carbons (Fsp3) is 0.750. The summed E-state index contributed by atoms with van der Waals surface area (Å²) in [4.78, 5) is 10.1. The lowest BCUT2D eigenvalue weighted by Crippen LogP contribution is -2.29. The average Bonchev–Trinajstić information content (AvgIpc) is 2.34. The van der Waals surface area contributed by atoms with E-state index < -0.39 is 5.60 Å². The molecule has 11 heavy (non-hydrogen) atoms. The van der Waals surface area contributed by atoms with Crippen LogP contribution in [0.5, 0.6) is 0 Å². The third-order valence-electron chi connectivity index (χ3n) is 2.11. The van der Waals surface area contributed by atoms with Gasteiger partial charge in [-0.1, -0.05) is 11.3 Å². The van der Waals surface area contributed by atoms with Crippen LogP contribution >= 0.6 is 0 Å². The summed E-state index contributed by atoms with van der Waals surface area (Å²) >= 11 is 0. The van der Waals surface area contributed by atoms with E-state index in [1.807, 2.05) is 6.92 Å². The normalized spacial score (nSPS) is 37.0. The van der Waals surface area contributed by atoms with Gasteiger partial charge in [-0.3, -0.25) is 0 Å². The maximum atomic E-state index is 10.1. The molecule has 0 N–H and O–H groups in total. The van der Waals surface area contributed by atoms with Crippen LogP contribution in [0.4, 0.5) is 0 Å². The Labute approximate surface area is 66.4 Å². The van der Waals surface area contributed by atoms with E-state index in [2.05, 4.69) is 11.8 Å². The van der Waals surface area contributed by atoms with Crippen molar-refractivity contribution in [2.24, 2.45) is 5.18 Å². The van der Waals surface area contributed by atoms with Crippen LogP contribution in [-0.2, 0) is 4.74 Å². The Morgan fingerprint density at radius 3 is 3.00 bits per heavy atom. The molecule has 1 saturated heterocycles. The van der Waals surface area contributed by atoms with Crippen LogP contribution in [0.2, 0.25) is 0 Å². The molecule has 0 saturated carbocycles. The van der Waals surface area contributed by atoms with Gasteiger partial charge in [0.2, 0.25) is 0 Å². The van der Waals surface area contributed by atoms with Crippen molar-refractivity contribution in [3.63, 3.8) is 0 Å². The molecular formula is C8H13NO2. The topological polar surface area (TPSA) is 38.7 Å². The first-order valence-electron chi connectivity index (χ1n) is 3.83. The van der Waals surface area contributed by atoms with Crippen molar-refractivity contribution < 1.29 is 4.74 Å². The van der Waals surface area contributed by atoms with Gasteiger partial charge in [-0.05, 0) is 19.8 Å². The van der Waals surface area contributed by atoms with E-state index in [0.717, 1.165) is 12.8 Å². The van der Waals surface area contributed by atoms with Gasteiger partial charge in [-0.15, -0.1) is 6.58 Å². The molecule has 0 bridgehead atoms. The summed E-state index contributed by atoms with van der Waals surface area (Å²) in [5.41, 5.74) is -0.457. The smallest absolute Gasteiger partial charge is 0.114 e. The third kappa shape index (κ3) is 1.66. The molecule has 0 aromatic rings. The van der Waals surface area contributed by atoms with Gasteiger partial charge in [0.05, 0.1) is 6.10 Å². The van der Waals surface area contributed by atoms with Crippen molar-refractivity contribution in [1.29, 1.82) is 0 Å². The minimum atomic E-state index is -0.457. The molecular weight excluding hydrogens is 142 g/mol. The quantitative estimate of drug-likeness (QED) is 0.461. The molecule has 0 aromatic carbocycles. The van der Waals surface area contributed by atoms with Gasteiger partial charge >= 0.3 is 0 Å². The van der Waals surface area contributed by atoms with Gasteiger partial charge in [0.25, 0.3) is 0 Å². The number of rotatable bonds is 3. The zero-order valence-electron chi connectivity index (χ0n) is 6.75. The lowest BCUT2D eigenvalue weighted by atomic mass is 10.0. The minimum absolute atomic E-state index is 0.195. The highest BCUT2D eigenvalue weighted by Gasteiger charge is 2.35. The molecule has 1 heterocycles. The van der Waals surface area contributed by atoms with Gasteiger partial charge in [-0.2, -0.15) is 4.91 Å². The number of hydrogen-bond donors (Lipinski definition) is 0. The summed E-state index contributed by atoms with van der Waals surface area (Å²) in [6.07, 6.45) is 3.78. The second kappa shape index (κ2) is 3.13. The highest BCUT2D eigenvalue weighted by Crippen LogP contribution is 2.31. The van der Waals surface area contributed by atoms with E-state index in [-0.39, 0.29) is 12.6 Å². The van der Waals surface area contributed by atoms with E-state index in [9.17, 15) is 4.91 Å². The van der Waals surface area contributed by atoms with E-state index in [4.69, 9.17) is 4.74 Å². The summed E-state index contributed by atoms with van der Waals surface area (Å²) in [6.45, 7) is 5.84. The third-order valence-corrected chi connectivity index (χ3v) is 2.11. The summed E-state index contributed by atoms with van der Waals surface area (Å²) in [5.74, 6) is 0. The van der Waals surface area contributed by atoms with Crippen LogP contribution in [0.25, 0.3) is 0 Å². The van der Waals surface area contributed by atoms with E-state index >= 15 is 0 Å². The van der Waals surface area contributed by atoms with Crippen LogP contribution in [-0.4, -0.2) is 18.2 Å². The van der Waals surface area contributed by atoms with Crippen LogP contribution in [0.1, 0.15) is 19.8 Å². The monoisotopic (exact) mass is 155 g/mol. The molecule has 1 aliphatic heterocycles. The number of ether oxygens (including phenoxy) is 1. The standard InChI is InChI=1S/C8H13NO2/c1-3-8(6-9-10)5-4-7(2)11-8/h3,7H,1,4-6H2,2H3/t7?,8-/m0/s1. The molecule has 62 valence electrons. The number of nitroso groups, excluding NO2 is 1. The maximum absolute atomic E-state index is 10.1. The minimum Gasteiger partial charge on any atom is -0.366 e. The Morgan fingerprint density at radius 2 is 2.64 bits per heavy atom. The predicted molar refractivity (Wildman–Crippen MR) is 43.4 cm³/mol. The number of hydrogen-bond acceptors (Lipinski definition) is 3. The second-order valence-electron chi connectivity index (χ2n) is 3.02. The summed E-state index contributed by atoms with van der Waals surface area (Å²) in [7, 11) is 0. The van der Waals surface area contributed by atoms with Crippen molar-refractivity contribution in [2.75, 3.05) is 6.54 Å². The second-order valence-corrected chi connectivity index (χ2v) is 3.02. The van der Waals surface area contributed by atoms with E-state index in [0.29, 0.717) is 0 Å². The first-order chi connectivity index (χ1) is 5.22. The molecule has 0 amide bonds. The average molecular weight is 155 g/mol. The van der Waals surface area contributed by atoms with Gasteiger partial charge in [0.1, 0.15) is 12.1 Å². The maximum Gasteiger partial charge on any atom is 0.114 e. The molecule has 1 aliphatic rings. The van der Waals surface area contributed by atoms with E-state index in [1.165, 1.54) is 0 Å². The van der Waals surface area contributed by atoms with Crippen molar-refractivity contribution >= 4 is 0 Å². The molecule has 3 heteroatoms. The zero-order valence-corrected chi connectivity index (χ0v) is 6.75. The fourth-order valence-corrected chi connectivity index (χ4v) is 1.41. The first-order valence-corrected chi connectivity index (χ1v) is 3.83. The summed E-state index contributed by atoms with van der Waals surface area (Å²) < 4.78 is 5.53. The first kappa shape index (κ1) is 8.40. The largest absolute Gasteiger partial charge is 0.366 e. The summed E-state index contributed by atoms with van der Waals surface area (Å²) in [6, 6.07) is 0. The summed E-state index contributed by atoms with van der Waals surface area (Å²) in [5, 5.41) is 2.85. The molecule has 2 atom stereocenters. The molecule has 0 radical (unpaired) electrons. The fourth-order valence-electron chi connectivity index (χ4n) is 1.41. The van der Waals surface area contributed by atoms with Crippen LogP contribution in [0.3, 0.4) is 0 Å². The highest BCUT2D eigenvalue weighted by atomic mass is 16.5. The van der Waals surface area contributed by atoms with Crippen molar-refractivity contribution in [1.82, 2.24) is 0 Å². The Bertz CT molecular complexity index is 169. The van der Waals surface area contributed by atoms with Crippen LogP contribution in [0.15, 0.2) is 17.8 Å². The Kier molecular flexibility index (Phi) is 2.39. The van der Waals surface area contributed by atoms with Crippen LogP contribution < -0.4 is 0 Å².